The summed E-state index contributed by atoms with van der Waals surface area (Å²) in [5.74, 6) is 0.00130. The van der Waals surface area contributed by atoms with Gasteiger partial charge in [0.1, 0.15) is 11.5 Å². The topological polar surface area (TPSA) is 77.1 Å². The first-order chi connectivity index (χ1) is 14.5. The van der Waals surface area contributed by atoms with Crippen LogP contribution in [-0.2, 0) is 9.53 Å². The van der Waals surface area contributed by atoms with Gasteiger partial charge in [-0.25, -0.2) is 4.79 Å². The molecule has 0 unspecified atom stereocenters. The van der Waals surface area contributed by atoms with E-state index in [1.54, 1.807) is 12.1 Å². The molecule has 7 nitrogen and oxygen atoms in total. The molecule has 0 saturated carbocycles. The van der Waals surface area contributed by atoms with Crippen molar-refractivity contribution in [3.8, 4) is 11.5 Å². The molecule has 1 fully saturated rings. The molecule has 0 spiro atoms. The zero-order valence-corrected chi connectivity index (χ0v) is 17.7. The highest BCUT2D eigenvalue weighted by Crippen LogP contribution is 2.29. The molecule has 160 valence electrons. The highest BCUT2D eigenvalue weighted by molar-refractivity contribution is 5.96. The van der Waals surface area contributed by atoms with Crippen LogP contribution < -0.4 is 19.7 Å². The molecule has 0 aliphatic carbocycles. The van der Waals surface area contributed by atoms with E-state index in [0.717, 1.165) is 24.3 Å². The molecule has 0 radical (unpaired) electrons. The summed E-state index contributed by atoms with van der Waals surface area (Å²) in [5.41, 5.74) is 2.85. The number of nitrogens with one attached hydrogen (secondary N) is 1. The van der Waals surface area contributed by atoms with Crippen molar-refractivity contribution in [3.63, 3.8) is 0 Å². The minimum Gasteiger partial charge on any atom is -0.496 e. The first kappa shape index (κ1) is 21.5. The number of carbonyl (C=O) groups is 2. The summed E-state index contributed by atoms with van der Waals surface area (Å²) in [6, 6.07) is 10.9. The van der Waals surface area contributed by atoms with E-state index < -0.39 is 11.9 Å². The van der Waals surface area contributed by atoms with Crippen molar-refractivity contribution in [2.24, 2.45) is 0 Å². The molecule has 0 atom stereocenters. The van der Waals surface area contributed by atoms with Crippen molar-refractivity contribution < 1.29 is 23.8 Å². The Kier molecular flexibility index (Phi) is 7.17. The monoisotopic (exact) mass is 412 g/mol. The maximum Gasteiger partial charge on any atom is 0.338 e. The molecular formula is C23H28N2O5. The van der Waals surface area contributed by atoms with Crippen LogP contribution in [0.5, 0.6) is 11.5 Å². The van der Waals surface area contributed by atoms with Gasteiger partial charge in [0.15, 0.2) is 6.61 Å². The third kappa shape index (κ3) is 5.23. The van der Waals surface area contributed by atoms with Gasteiger partial charge in [-0.15, -0.1) is 0 Å². The van der Waals surface area contributed by atoms with Gasteiger partial charge in [-0.05, 0) is 62.6 Å². The normalized spacial score (nSPS) is 13.5. The fourth-order valence-corrected chi connectivity index (χ4v) is 3.52. The zero-order chi connectivity index (χ0) is 21.5. The van der Waals surface area contributed by atoms with Crippen LogP contribution in [0.1, 0.15) is 35.2 Å². The molecule has 3 rings (SSSR count). The predicted octanol–water partition coefficient (Wildman–Crippen LogP) is 3.80. The van der Waals surface area contributed by atoms with Crippen molar-refractivity contribution in [2.45, 2.75) is 26.2 Å². The molecule has 1 heterocycles. The number of nitrogens with zero attached hydrogens (tertiary/aromatic N) is 1. The Morgan fingerprint density at radius 1 is 0.967 bits per heavy atom. The molecular weight excluding hydrogens is 384 g/mol. The molecule has 1 N–H and O–H groups in total. The summed E-state index contributed by atoms with van der Waals surface area (Å²) in [5, 5.41) is 2.75. The van der Waals surface area contributed by atoms with Crippen LogP contribution in [0.25, 0.3) is 0 Å². The van der Waals surface area contributed by atoms with Gasteiger partial charge < -0.3 is 24.4 Å². The molecule has 0 bridgehead atoms. The van der Waals surface area contributed by atoms with Gasteiger partial charge in [-0.2, -0.15) is 0 Å². The second-order valence-electron chi connectivity index (χ2n) is 7.22. The van der Waals surface area contributed by atoms with E-state index in [1.165, 1.54) is 33.5 Å². The zero-order valence-electron chi connectivity index (χ0n) is 17.7. The fraction of sp³-hybridized carbons (Fsp3) is 0.391. The van der Waals surface area contributed by atoms with Crippen molar-refractivity contribution in [1.29, 1.82) is 0 Å². The van der Waals surface area contributed by atoms with Gasteiger partial charge in [0, 0.05) is 30.0 Å². The number of piperidine rings is 1. The number of anilines is 2. The van der Waals surface area contributed by atoms with Gasteiger partial charge in [-0.1, -0.05) is 0 Å². The fourth-order valence-electron chi connectivity index (χ4n) is 3.52. The van der Waals surface area contributed by atoms with Gasteiger partial charge in [0.05, 0.1) is 19.8 Å². The van der Waals surface area contributed by atoms with Gasteiger partial charge in [0.25, 0.3) is 5.91 Å². The molecule has 2 aromatic rings. The highest BCUT2D eigenvalue weighted by atomic mass is 16.5. The Labute approximate surface area is 176 Å². The van der Waals surface area contributed by atoms with Crippen LogP contribution in [0.3, 0.4) is 0 Å². The van der Waals surface area contributed by atoms with Crippen LogP contribution in [0.2, 0.25) is 0 Å². The summed E-state index contributed by atoms with van der Waals surface area (Å²) in [6.07, 6.45) is 3.71. The Bertz CT molecular complexity index is 864. The number of ether oxygens (including phenoxy) is 3. The Hall–Kier alpha value is -3.22. The molecule has 1 aliphatic rings. The molecule has 0 aromatic heterocycles. The lowest BCUT2D eigenvalue weighted by atomic mass is 10.1. The second kappa shape index (κ2) is 10.0. The maximum atomic E-state index is 12.4. The number of hydrogen-bond acceptors (Lipinski definition) is 6. The average Bonchev–Trinajstić information content (AvgIpc) is 2.78. The smallest absolute Gasteiger partial charge is 0.338 e. The van der Waals surface area contributed by atoms with E-state index in [9.17, 15) is 9.59 Å². The number of methoxy groups -OCH3 is 2. The van der Waals surface area contributed by atoms with E-state index in [1.807, 2.05) is 31.2 Å². The molecule has 30 heavy (non-hydrogen) atoms. The molecule has 2 aromatic carbocycles. The Balaban J connectivity index is 1.55. The summed E-state index contributed by atoms with van der Waals surface area (Å²) in [6.45, 7) is 3.58. The third-order valence-corrected chi connectivity index (χ3v) is 5.19. The number of carbonyl (C=O) groups excluding carboxylic acids is 2. The summed E-state index contributed by atoms with van der Waals surface area (Å²) < 4.78 is 15.7. The van der Waals surface area contributed by atoms with E-state index >= 15 is 0 Å². The van der Waals surface area contributed by atoms with Crippen LogP contribution in [0.4, 0.5) is 11.4 Å². The van der Waals surface area contributed by atoms with Gasteiger partial charge >= 0.3 is 5.97 Å². The van der Waals surface area contributed by atoms with E-state index in [4.69, 9.17) is 14.2 Å². The summed E-state index contributed by atoms with van der Waals surface area (Å²) >= 11 is 0. The van der Waals surface area contributed by atoms with E-state index in [-0.39, 0.29) is 12.2 Å². The molecule has 1 saturated heterocycles. The lowest BCUT2D eigenvalue weighted by Crippen LogP contribution is -2.29. The average molecular weight is 412 g/mol. The van der Waals surface area contributed by atoms with E-state index in [2.05, 4.69) is 10.2 Å². The van der Waals surface area contributed by atoms with Crippen LogP contribution in [0.15, 0.2) is 36.4 Å². The summed E-state index contributed by atoms with van der Waals surface area (Å²) in [7, 11) is 3.03. The van der Waals surface area contributed by atoms with Crippen molar-refractivity contribution in [2.75, 3.05) is 44.1 Å². The lowest BCUT2D eigenvalue weighted by molar-refractivity contribution is -0.119. The maximum absolute atomic E-state index is 12.4. The van der Waals surface area contributed by atoms with Crippen LogP contribution >= 0.6 is 0 Å². The Morgan fingerprint density at radius 3 is 2.13 bits per heavy atom. The molecule has 1 aliphatic heterocycles. The largest absolute Gasteiger partial charge is 0.496 e. The lowest BCUT2D eigenvalue weighted by Gasteiger charge is -2.28. The third-order valence-electron chi connectivity index (χ3n) is 5.19. The minimum atomic E-state index is -0.623. The minimum absolute atomic E-state index is 0.257. The molecule has 7 heteroatoms. The first-order valence-electron chi connectivity index (χ1n) is 10.1. The number of amides is 1. The SMILES string of the molecule is COc1cc(C(=O)OCC(=O)Nc2ccc(N3CCCCC3)cc2)cc(OC)c1C. The second-order valence-corrected chi connectivity index (χ2v) is 7.22. The van der Waals surface area contributed by atoms with E-state index in [0.29, 0.717) is 17.2 Å². The van der Waals surface area contributed by atoms with Crippen molar-refractivity contribution >= 4 is 23.3 Å². The standard InChI is InChI=1S/C23H28N2O5/c1-16-20(28-2)13-17(14-21(16)29-3)23(27)30-15-22(26)24-18-7-9-19(10-8-18)25-11-5-4-6-12-25/h7-10,13-14H,4-6,11-12,15H2,1-3H3,(H,24,26). The van der Waals surface area contributed by atoms with Crippen molar-refractivity contribution in [1.82, 2.24) is 0 Å². The first-order valence-corrected chi connectivity index (χ1v) is 10.1. The number of rotatable bonds is 7. The number of hydrogen-bond donors (Lipinski definition) is 1. The number of esters is 1. The quantitative estimate of drug-likeness (QED) is 0.697. The number of benzene rings is 2. The Morgan fingerprint density at radius 2 is 1.57 bits per heavy atom. The van der Waals surface area contributed by atoms with Crippen molar-refractivity contribution in [3.05, 3.63) is 47.5 Å². The summed E-state index contributed by atoms with van der Waals surface area (Å²) in [4.78, 5) is 26.9. The van der Waals surface area contributed by atoms with Gasteiger partial charge in [-0.3, -0.25) is 4.79 Å². The van der Waals surface area contributed by atoms with Crippen LogP contribution in [-0.4, -0.2) is 45.8 Å². The molecule has 1 amide bonds. The van der Waals surface area contributed by atoms with Gasteiger partial charge in [0.2, 0.25) is 0 Å². The van der Waals surface area contributed by atoms with Crippen LogP contribution in [0, 0.1) is 6.92 Å². The highest BCUT2D eigenvalue weighted by Gasteiger charge is 2.16. The predicted molar refractivity (Wildman–Crippen MR) is 116 cm³/mol.